The summed E-state index contributed by atoms with van der Waals surface area (Å²) in [5.74, 6) is 3.14. The molecule has 0 spiro atoms. The van der Waals surface area contributed by atoms with Gasteiger partial charge in [0.2, 0.25) is 0 Å². The molecular formula is C28H32N4OS2. The molecule has 0 aliphatic heterocycles. The second kappa shape index (κ2) is 13.4. The van der Waals surface area contributed by atoms with E-state index < -0.39 is 0 Å². The van der Waals surface area contributed by atoms with Crippen molar-refractivity contribution in [3.05, 3.63) is 89.6 Å². The summed E-state index contributed by atoms with van der Waals surface area (Å²) in [4.78, 5) is 21.9. The zero-order chi connectivity index (χ0) is 24.3. The Morgan fingerprint density at radius 1 is 0.943 bits per heavy atom. The third kappa shape index (κ3) is 7.36. The number of pyridine rings is 1. The Balaban J connectivity index is 1.37. The van der Waals surface area contributed by atoms with Crippen LogP contribution < -0.4 is 5.32 Å². The van der Waals surface area contributed by atoms with Crippen LogP contribution in [0.2, 0.25) is 0 Å². The molecule has 0 aliphatic rings. The largest absolute Gasteiger partial charge is 0.352 e. The van der Waals surface area contributed by atoms with Crippen LogP contribution >= 0.6 is 23.5 Å². The molecule has 182 valence electrons. The normalized spacial score (nSPS) is 11.1. The molecule has 0 saturated carbocycles. The number of hydrogen-bond donors (Lipinski definition) is 1. The molecule has 2 aromatic carbocycles. The zero-order valence-electron chi connectivity index (χ0n) is 20.2. The highest BCUT2D eigenvalue weighted by molar-refractivity contribution is 7.99. The number of amides is 1. The Morgan fingerprint density at radius 3 is 2.54 bits per heavy atom. The van der Waals surface area contributed by atoms with Crippen LogP contribution in [0.15, 0.2) is 78.1 Å². The molecular weight excluding hydrogens is 472 g/mol. The standard InChI is InChI=1S/C28H32N4OS2/c1-2-3-18-34-19-8-17-30-27(33)24-14-12-22(13-15-24)20-32-26-25(11-7-16-29-26)31-28(32)35-21-23-9-5-4-6-10-23/h4-7,9-16H,2-3,8,17-21H2,1H3,(H,30,33). The van der Waals surface area contributed by atoms with Crippen LogP contribution in [0, 0.1) is 0 Å². The van der Waals surface area contributed by atoms with Gasteiger partial charge in [-0.2, -0.15) is 11.8 Å². The van der Waals surface area contributed by atoms with Gasteiger partial charge in [-0.25, -0.2) is 9.97 Å². The number of nitrogens with one attached hydrogen (secondary N) is 1. The lowest BCUT2D eigenvalue weighted by Crippen LogP contribution is -2.24. The fourth-order valence-corrected chi connectivity index (χ4v) is 5.69. The first-order valence-corrected chi connectivity index (χ1v) is 14.3. The van der Waals surface area contributed by atoms with Gasteiger partial charge in [0.05, 0.1) is 6.54 Å². The second-order valence-corrected chi connectivity index (χ2v) is 10.5. The van der Waals surface area contributed by atoms with Crippen molar-refractivity contribution in [2.75, 3.05) is 18.1 Å². The quantitative estimate of drug-likeness (QED) is 0.168. The highest BCUT2D eigenvalue weighted by atomic mass is 32.2. The van der Waals surface area contributed by atoms with Gasteiger partial charge in [0.1, 0.15) is 5.52 Å². The molecule has 0 atom stereocenters. The van der Waals surface area contributed by atoms with Crippen molar-refractivity contribution in [3.63, 3.8) is 0 Å². The van der Waals surface area contributed by atoms with Crippen LogP contribution in [0.25, 0.3) is 11.2 Å². The SMILES string of the molecule is CCCCSCCCNC(=O)c1ccc(Cn2c(SCc3ccccc3)nc3cccnc32)cc1. The molecule has 35 heavy (non-hydrogen) atoms. The van der Waals surface area contributed by atoms with Gasteiger partial charge in [-0.05, 0) is 59.7 Å². The van der Waals surface area contributed by atoms with Gasteiger partial charge in [0.25, 0.3) is 5.91 Å². The lowest BCUT2D eigenvalue weighted by Gasteiger charge is -2.10. The van der Waals surface area contributed by atoms with Crippen LogP contribution in [0.4, 0.5) is 0 Å². The van der Waals surface area contributed by atoms with E-state index in [1.807, 2.05) is 60.4 Å². The molecule has 7 heteroatoms. The number of benzene rings is 2. The van der Waals surface area contributed by atoms with Gasteiger partial charge in [-0.15, -0.1) is 0 Å². The van der Waals surface area contributed by atoms with Gasteiger partial charge >= 0.3 is 0 Å². The Morgan fingerprint density at radius 2 is 1.74 bits per heavy atom. The minimum atomic E-state index is -0.0102. The van der Waals surface area contributed by atoms with Gasteiger partial charge in [0, 0.05) is 24.1 Å². The van der Waals surface area contributed by atoms with Crippen LogP contribution in [0.1, 0.15) is 47.7 Å². The Kier molecular flexibility index (Phi) is 9.66. The highest BCUT2D eigenvalue weighted by Crippen LogP contribution is 2.27. The third-order valence-corrected chi connectivity index (χ3v) is 7.83. The first kappa shape index (κ1) is 25.3. The number of carbonyl (C=O) groups is 1. The van der Waals surface area contributed by atoms with Crippen molar-refractivity contribution in [1.29, 1.82) is 0 Å². The van der Waals surface area contributed by atoms with Crippen LogP contribution in [-0.4, -0.2) is 38.5 Å². The van der Waals surface area contributed by atoms with Crippen molar-refractivity contribution >= 4 is 40.6 Å². The fourth-order valence-electron chi connectivity index (χ4n) is 3.68. The molecule has 0 fully saturated rings. The van der Waals surface area contributed by atoms with E-state index in [9.17, 15) is 4.79 Å². The maximum atomic E-state index is 12.5. The minimum Gasteiger partial charge on any atom is -0.352 e. The van der Waals surface area contributed by atoms with Crippen LogP contribution in [0.5, 0.6) is 0 Å². The summed E-state index contributed by atoms with van der Waals surface area (Å²) in [6.07, 6.45) is 5.31. The van der Waals surface area contributed by atoms with Gasteiger partial charge < -0.3 is 5.32 Å². The van der Waals surface area contributed by atoms with E-state index in [1.54, 1.807) is 11.8 Å². The Hall–Kier alpha value is -2.77. The van der Waals surface area contributed by atoms with E-state index in [0.717, 1.165) is 39.8 Å². The topological polar surface area (TPSA) is 59.8 Å². The molecule has 5 nitrogen and oxygen atoms in total. The molecule has 1 amide bonds. The number of thioether (sulfide) groups is 2. The second-order valence-electron chi connectivity index (χ2n) is 8.37. The fraction of sp³-hybridized carbons (Fsp3) is 0.321. The third-order valence-electron chi connectivity index (χ3n) is 5.63. The van der Waals surface area contributed by atoms with E-state index in [1.165, 1.54) is 24.2 Å². The average molecular weight is 505 g/mol. The predicted molar refractivity (Wildman–Crippen MR) is 148 cm³/mol. The van der Waals surface area contributed by atoms with Crippen LogP contribution in [-0.2, 0) is 12.3 Å². The summed E-state index contributed by atoms with van der Waals surface area (Å²) in [5.41, 5.74) is 4.84. The first-order chi connectivity index (χ1) is 17.2. The molecule has 0 bridgehead atoms. The Labute approximate surface area is 216 Å². The monoisotopic (exact) mass is 504 g/mol. The summed E-state index contributed by atoms with van der Waals surface area (Å²) in [6, 6.07) is 22.2. The van der Waals surface area contributed by atoms with E-state index in [4.69, 9.17) is 4.98 Å². The first-order valence-electron chi connectivity index (χ1n) is 12.2. The summed E-state index contributed by atoms with van der Waals surface area (Å²) < 4.78 is 2.16. The van der Waals surface area contributed by atoms with Gasteiger partial charge in [-0.1, -0.05) is 67.6 Å². The molecule has 0 unspecified atom stereocenters. The number of imidazole rings is 1. The van der Waals surface area contributed by atoms with Gasteiger partial charge in [-0.3, -0.25) is 9.36 Å². The Bertz CT molecular complexity index is 1210. The number of fused-ring (bicyclic) bond motifs is 1. The van der Waals surface area contributed by atoms with Gasteiger partial charge in [0.15, 0.2) is 10.8 Å². The van der Waals surface area contributed by atoms with E-state index in [0.29, 0.717) is 18.7 Å². The summed E-state index contributed by atoms with van der Waals surface area (Å²) in [6.45, 7) is 3.58. The summed E-state index contributed by atoms with van der Waals surface area (Å²) >= 11 is 3.68. The van der Waals surface area contributed by atoms with Crippen LogP contribution in [0.3, 0.4) is 0 Å². The number of aromatic nitrogens is 3. The van der Waals surface area contributed by atoms with Crippen molar-refractivity contribution in [3.8, 4) is 0 Å². The summed E-state index contributed by atoms with van der Waals surface area (Å²) in [7, 11) is 0. The average Bonchev–Trinajstić information content (AvgIpc) is 3.25. The maximum Gasteiger partial charge on any atom is 0.251 e. The summed E-state index contributed by atoms with van der Waals surface area (Å²) in [5, 5.41) is 3.99. The number of hydrogen-bond acceptors (Lipinski definition) is 5. The highest BCUT2D eigenvalue weighted by Gasteiger charge is 2.13. The lowest BCUT2D eigenvalue weighted by atomic mass is 10.1. The molecule has 2 aromatic heterocycles. The molecule has 4 aromatic rings. The van der Waals surface area contributed by atoms with E-state index in [-0.39, 0.29) is 5.91 Å². The molecule has 0 aliphatic carbocycles. The number of rotatable bonds is 13. The van der Waals surface area contributed by atoms with Crippen molar-refractivity contribution in [1.82, 2.24) is 19.9 Å². The molecule has 4 rings (SSSR count). The number of carbonyl (C=O) groups excluding carboxylic acids is 1. The number of unbranched alkanes of at least 4 members (excludes halogenated alkanes) is 1. The predicted octanol–water partition coefficient (Wildman–Crippen LogP) is 6.43. The van der Waals surface area contributed by atoms with E-state index >= 15 is 0 Å². The maximum absolute atomic E-state index is 12.5. The zero-order valence-corrected chi connectivity index (χ0v) is 21.8. The number of nitrogens with zero attached hydrogens (tertiary/aromatic N) is 3. The molecule has 2 heterocycles. The smallest absolute Gasteiger partial charge is 0.251 e. The van der Waals surface area contributed by atoms with E-state index in [2.05, 4.69) is 46.1 Å². The van der Waals surface area contributed by atoms with Crippen molar-refractivity contribution < 1.29 is 4.79 Å². The molecule has 1 N–H and O–H groups in total. The molecule has 0 radical (unpaired) electrons. The van der Waals surface area contributed by atoms with Crippen molar-refractivity contribution in [2.45, 2.75) is 43.6 Å². The molecule has 0 saturated heterocycles. The minimum absolute atomic E-state index is 0.0102. The van der Waals surface area contributed by atoms with Crippen molar-refractivity contribution in [2.24, 2.45) is 0 Å². The lowest BCUT2D eigenvalue weighted by molar-refractivity contribution is 0.0954.